The van der Waals surface area contributed by atoms with Gasteiger partial charge in [-0.25, -0.2) is 14.4 Å². The summed E-state index contributed by atoms with van der Waals surface area (Å²) in [6.07, 6.45) is -4.50. The van der Waals surface area contributed by atoms with Crippen molar-refractivity contribution in [2.75, 3.05) is 20.7 Å². The number of nitrogens with one attached hydrogen (secondary N) is 1. The Morgan fingerprint density at radius 3 is 2.47 bits per heavy atom. The lowest BCUT2D eigenvalue weighted by molar-refractivity contribution is -0.181. The van der Waals surface area contributed by atoms with Crippen LogP contribution >= 0.6 is 0 Å². The predicted octanol–water partition coefficient (Wildman–Crippen LogP) is -0.215. The molecule has 1 spiro atoms. The second-order valence-electron chi connectivity index (χ2n) is 12.7. The van der Waals surface area contributed by atoms with Gasteiger partial charge in [0.1, 0.15) is 11.8 Å². The van der Waals surface area contributed by atoms with Crippen LogP contribution in [-0.2, 0) is 40.5 Å². The highest BCUT2D eigenvalue weighted by molar-refractivity contribution is 5.90. The van der Waals surface area contributed by atoms with Crippen molar-refractivity contribution in [3.63, 3.8) is 0 Å². The first-order valence-corrected chi connectivity index (χ1v) is 15.0. The number of hydrogen-bond acceptors (Lipinski definition) is 12. The molecule has 8 atom stereocenters. The van der Waals surface area contributed by atoms with Gasteiger partial charge in [-0.05, 0) is 63.4 Å². The molecule has 0 unspecified atom stereocenters. The van der Waals surface area contributed by atoms with Crippen molar-refractivity contribution in [1.29, 1.82) is 0 Å². The zero-order valence-corrected chi connectivity index (χ0v) is 25.8. The molecule has 1 fully saturated rings. The molecule has 2 bridgehead atoms. The summed E-state index contributed by atoms with van der Waals surface area (Å²) in [5.74, 6) is -4.21. The summed E-state index contributed by atoms with van der Waals surface area (Å²) < 4.78 is 22.4. The molecule has 2 aliphatic carbocycles. The minimum Gasteiger partial charge on any atom is -0.493 e. The second-order valence-corrected chi connectivity index (χ2v) is 12.7. The number of ether oxygens (including phenoxy) is 4. The molecular weight excluding hydrogens is 592 g/mol. The Morgan fingerprint density at radius 2 is 1.82 bits per heavy atom. The normalized spacial score (nSPS) is 28.9. The maximum absolute atomic E-state index is 13.1. The van der Waals surface area contributed by atoms with Crippen LogP contribution in [0.2, 0.25) is 0 Å². The van der Waals surface area contributed by atoms with E-state index < -0.39 is 65.3 Å². The Kier molecular flexibility index (Phi) is 8.64. The summed E-state index contributed by atoms with van der Waals surface area (Å²) in [5.41, 5.74) is -0.466. The van der Waals surface area contributed by atoms with Gasteiger partial charge in [0.05, 0.1) is 18.1 Å². The number of piperidine rings is 1. The topological polar surface area (TPSA) is 201 Å². The number of esters is 2. The molecule has 0 aromatic heterocycles. The molecule has 0 radical (unpaired) electrons. The molecule has 0 saturated carbocycles. The third-order valence-electron chi connectivity index (χ3n) is 9.54. The number of methoxy groups -OCH3 is 1. The van der Waals surface area contributed by atoms with Crippen LogP contribution in [0.4, 0.5) is 0 Å². The number of likely N-dealkylation sites (tertiary alicyclic amines) is 1. The van der Waals surface area contributed by atoms with Gasteiger partial charge in [0.25, 0.3) is 5.91 Å². The maximum Gasteiger partial charge on any atom is 0.343 e. The molecule has 2 heterocycles. The number of hydrogen-bond donors (Lipinski definition) is 5. The average molecular weight is 633 g/mol. The first-order valence-electron chi connectivity index (χ1n) is 15.0. The van der Waals surface area contributed by atoms with Crippen LogP contribution in [0.3, 0.4) is 0 Å². The fourth-order valence-electron chi connectivity index (χ4n) is 7.30. The lowest BCUT2D eigenvalue weighted by atomic mass is 9.50. The van der Waals surface area contributed by atoms with Crippen molar-refractivity contribution in [2.45, 2.75) is 94.0 Å². The number of likely N-dealkylation sites (N-methyl/N-ethyl adjacent to an activating group) is 1. The van der Waals surface area contributed by atoms with Gasteiger partial charge in [0, 0.05) is 18.0 Å². The number of carbonyl (C=O) groups is 4. The molecule has 14 heteroatoms. The Hall–Kier alpha value is -3.72. The van der Waals surface area contributed by atoms with E-state index in [-0.39, 0.29) is 30.6 Å². The highest BCUT2D eigenvalue weighted by Gasteiger charge is 2.72. The van der Waals surface area contributed by atoms with E-state index in [0.717, 1.165) is 18.1 Å². The Labute approximate surface area is 259 Å². The standard InChI is InChI=1S/C31H40N2O12/c1-14(2)12-17(27(37)38)32-26(36)15(3)43-28(39)22(34)23(35)29(40)44-19-8-9-31(41)20-13-16-6-7-18(42-5)24-21(16)30(31,25(19)45-24)10-11-33(20)4/h6-8,14-15,17,20,22-23,25,34-35,41H,9-13H2,1-5H3,(H,32,36)(H,37,38)/t15-,17-,20-,22+,23+,25-,30-,31+/m0/s1. The number of carbonyl (C=O) groups excluding carboxylic acids is 3. The van der Waals surface area contributed by atoms with E-state index in [1.807, 2.05) is 13.1 Å². The lowest BCUT2D eigenvalue weighted by Gasteiger charge is -2.61. The van der Waals surface area contributed by atoms with E-state index in [1.54, 1.807) is 19.9 Å². The maximum atomic E-state index is 13.1. The van der Waals surface area contributed by atoms with E-state index in [1.165, 1.54) is 13.2 Å². The van der Waals surface area contributed by atoms with Crippen LogP contribution in [0.5, 0.6) is 11.5 Å². The van der Waals surface area contributed by atoms with E-state index >= 15 is 0 Å². The minimum atomic E-state index is -2.42. The Balaban J connectivity index is 1.30. The largest absolute Gasteiger partial charge is 0.493 e. The van der Waals surface area contributed by atoms with Crippen molar-refractivity contribution in [2.24, 2.45) is 5.92 Å². The smallest absolute Gasteiger partial charge is 0.343 e. The first kappa shape index (κ1) is 32.7. The number of aliphatic carboxylic acids is 1. The molecule has 5 rings (SSSR count). The molecule has 14 nitrogen and oxygen atoms in total. The molecule has 1 saturated heterocycles. The van der Waals surface area contributed by atoms with E-state index in [2.05, 4.69) is 10.2 Å². The van der Waals surface area contributed by atoms with Gasteiger partial charge in [0.15, 0.2) is 35.9 Å². The van der Waals surface area contributed by atoms with Crippen LogP contribution in [0, 0.1) is 5.92 Å². The zero-order chi connectivity index (χ0) is 33.0. The number of carboxylic acid groups (broad SMARTS) is 1. The summed E-state index contributed by atoms with van der Waals surface area (Å²) in [5, 5.41) is 44.9. The van der Waals surface area contributed by atoms with Gasteiger partial charge in [-0.1, -0.05) is 19.9 Å². The predicted molar refractivity (Wildman–Crippen MR) is 154 cm³/mol. The summed E-state index contributed by atoms with van der Waals surface area (Å²) in [7, 11) is 3.45. The van der Waals surface area contributed by atoms with Crippen molar-refractivity contribution >= 4 is 23.8 Å². The second kappa shape index (κ2) is 11.9. The molecule has 1 aromatic carbocycles. The van der Waals surface area contributed by atoms with Gasteiger partial charge in [-0.3, -0.25) is 4.79 Å². The molecule has 1 aromatic rings. The summed E-state index contributed by atoms with van der Waals surface area (Å²) in [6.45, 7) is 5.34. The van der Waals surface area contributed by atoms with Crippen molar-refractivity contribution in [3.05, 3.63) is 35.1 Å². The Morgan fingerprint density at radius 1 is 1.13 bits per heavy atom. The highest BCUT2D eigenvalue weighted by Crippen LogP contribution is 2.65. The van der Waals surface area contributed by atoms with Crippen LogP contribution in [-0.4, -0.2) is 112 Å². The third-order valence-corrected chi connectivity index (χ3v) is 9.54. The number of aliphatic hydroxyl groups is 3. The Bertz CT molecular complexity index is 1430. The lowest BCUT2D eigenvalue weighted by Crippen LogP contribution is -2.74. The minimum absolute atomic E-state index is 0.0105. The fourth-order valence-corrected chi connectivity index (χ4v) is 7.30. The van der Waals surface area contributed by atoms with Gasteiger partial charge in [0.2, 0.25) is 0 Å². The zero-order valence-electron chi connectivity index (χ0n) is 25.8. The number of rotatable bonds is 11. The van der Waals surface area contributed by atoms with Crippen LogP contribution in [0.1, 0.15) is 51.2 Å². The SMILES string of the molecule is COc1ccc2c3c1O[C@H]1C(OC(=O)[C@H](O)[C@@H](O)C(=O)O[C@@H](C)C(=O)N[C@@H](CC(C)C)C(=O)O)=CC[C@@]4(O)[C@H](C2)N(C)CC[C@]314. The summed E-state index contributed by atoms with van der Waals surface area (Å²) in [6, 6.07) is 2.26. The highest BCUT2D eigenvalue weighted by atomic mass is 16.6. The summed E-state index contributed by atoms with van der Waals surface area (Å²) >= 11 is 0. The molecule has 246 valence electrons. The summed E-state index contributed by atoms with van der Waals surface area (Å²) in [4.78, 5) is 51.7. The number of carboxylic acids is 1. The van der Waals surface area contributed by atoms with Gasteiger partial charge < -0.3 is 49.6 Å². The number of benzene rings is 1. The monoisotopic (exact) mass is 632 g/mol. The van der Waals surface area contributed by atoms with Gasteiger partial charge in [-0.15, -0.1) is 0 Å². The third kappa shape index (κ3) is 5.23. The molecule has 2 aliphatic heterocycles. The molecular formula is C31H40N2O12. The van der Waals surface area contributed by atoms with Crippen molar-refractivity contribution < 1.29 is 58.6 Å². The van der Waals surface area contributed by atoms with Crippen molar-refractivity contribution in [1.82, 2.24) is 10.2 Å². The van der Waals surface area contributed by atoms with E-state index in [9.17, 15) is 39.6 Å². The fraction of sp³-hybridized carbons (Fsp3) is 0.613. The molecule has 4 aliphatic rings. The number of aliphatic hydroxyl groups excluding tert-OH is 2. The average Bonchev–Trinajstić information content (AvgIpc) is 3.34. The van der Waals surface area contributed by atoms with E-state index in [0.29, 0.717) is 30.9 Å². The van der Waals surface area contributed by atoms with Crippen LogP contribution < -0.4 is 14.8 Å². The quantitative estimate of drug-likeness (QED) is 0.201. The molecule has 1 amide bonds. The van der Waals surface area contributed by atoms with Crippen molar-refractivity contribution in [3.8, 4) is 11.5 Å². The van der Waals surface area contributed by atoms with Gasteiger partial charge in [-0.2, -0.15) is 0 Å². The van der Waals surface area contributed by atoms with E-state index in [4.69, 9.17) is 18.9 Å². The van der Waals surface area contributed by atoms with Gasteiger partial charge >= 0.3 is 17.9 Å². The van der Waals surface area contributed by atoms with Crippen LogP contribution in [0.15, 0.2) is 24.0 Å². The number of amides is 1. The molecule has 45 heavy (non-hydrogen) atoms. The first-order chi connectivity index (χ1) is 21.2. The molecule has 5 N–H and O–H groups in total. The number of nitrogens with zero attached hydrogens (tertiary/aromatic N) is 1. The van der Waals surface area contributed by atoms with Crippen LogP contribution in [0.25, 0.3) is 0 Å².